The monoisotopic (exact) mass is 296 g/mol. The maximum absolute atomic E-state index is 13.3. The van der Waals surface area contributed by atoms with Gasteiger partial charge in [0.25, 0.3) is 0 Å². The Bertz CT molecular complexity index is 646. The second kappa shape index (κ2) is 5.51. The fourth-order valence-corrected chi connectivity index (χ4v) is 3.77. The van der Waals surface area contributed by atoms with Gasteiger partial charge in [-0.2, -0.15) is 9.57 Å². The summed E-state index contributed by atoms with van der Waals surface area (Å²) in [6.45, 7) is 4.11. The van der Waals surface area contributed by atoms with Gasteiger partial charge in [0.1, 0.15) is 11.9 Å². The molecule has 0 spiro atoms. The van der Waals surface area contributed by atoms with E-state index in [1.807, 2.05) is 13.8 Å². The van der Waals surface area contributed by atoms with Gasteiger partial charge in [-0.25, -0.2) is 12.8 Å². The zero-order valence-corrected chi connectivity index (χ0v) is 12.3. The number of hydrogen-bond donors (Lipinski definition) is 0. The van der Waals surface area contributed by atoms with Gasteiger partial charge in [0, 0.05) is 12.6 Å². The maximum atomic E-state index is 13.3. The summed E-state index contributed by atoms with van der Waals surface area (Å²) in [5.41, 5.74) is -0.249. The van der Waals surface area contributed by atoms with E-state index in [0.717, 1.165) is 25.0 Å². The lowest BCUT2D eigenvalue weighted by Crippen LogP contribution is -2.38. The summed E-state index contributed by atoms with van der Waals surface area (Å²) in [6, 6.07) is 4.85. The van der Waals surface area contributed by atoms with Crippen LogP contribution in [0.25, 0.3) is 0 Å². The minimum absolute atomic E-state index is 0.0233. The number of halogens is 1. The molecule has 108 valence electrons. The van der Waals surface area contributed by atoms with Gasteiger partial charge in [0.15, 0.2) is 0 Å². The number of nitriles is 1. The van der Waals surface area contributed by atoms with Crippen LogP contribution in [0.5, 0.6) is 0 Å². The van der Waals surface area contributed by atoms with E-state index in [4.69, 9.17) is 5.26 Å². The standard InChI is InChI=1S/C14H17FN2O2S/c1-10(2)17(9-11-3-4-11)20(18,19)13-5-6-14(15)12(7-13)8-16/h5-7,10-11H,3-4,9H2,1-2H3. The first-order chi connectivity index (χ1) is 9.36. The van der Waals surface area contributed by atoms with E-state index in [1.54, 1.807) is 6.07 Å². The first-order valence-electron chi connectivity index (χ1n) is 6.57. The molecule has 0 saturated heterocycles. The fourth-order valence-electron chi connectivity index (χ4n) is 2.03. The highest BCUT2D eigenvalue weighted by atomic mass is 32.2. The van der Waals surface area contributed by atoms with Gasteiger partial charge in [-0.15, -0.1) is 0 Å². The van der Waals surface area contributed by atoms with Crippen molar-refractivity contribution in [2.75, 3.05) is 6.54 Å². The Kier molecular flexibility index (Phi) is 4.11. The van der Waals surface area contributed by atoms with Crippen LogP contribution >= 0.6 is 0 Å². The molecule has 4 nitrogen and oxygen atoms in total. The summed E-state index contributed by atoms with van der Waals surface area (Å²) in [4.78, 5) is -0.0233. The molecule has 6 heteroatoms. The number of nitrogens with zero attached hydrogens (tertiary/aromatic N) is 2. The van der Waals surface area contributed by atoms with Gasteiger partial charge in [-0.1, -0.05) is 0 Å². The van der Waals surface area contributed by atoms with Crippen molar-refractivity contribution in [2.24, 2.45) is 5.92 Å². The third-order valence-corrected chi connectivity index (χ3v) is 5.41. The minimum Gasteiger partial charge on any atom is -0.207 e. The molecule has 1 aromatic rings. The molecule has 0 amide bonds. The van der Waals surface area contributed by atoms with E-state index >= 15 is 0 Å². The van der Waals surface area contributed by atoms with Crippen molar-refractivity contribution in [1.29, 1.82) is 5.26 Å². The van der Waals surface area contributed by atoms with E-state index < -0.39 is 15.8 Å². The van der Waals surface area contributed by atoms with Crippen molar-refractivity contribution in [3.8, 4) is 6.07 Å². The molecular formula is C14H17FN2O2S. The van der Waals surface area contributed by atoms with Crippen LogP contribution < -0.4 is 0 Å². The molecule has 0 N–H and O–H groups in total. The van der Waals surface area contributed by atoms with E-state index in [0.29, 0.717) is 12.5 Å². The van der Waals surface area contributed by atoms with Crippen LogP contribution in [0.15, 0.2) is 23.1 Å². The van der Waals surface area contributed by atoms with Gasteiger partial charge in [0.2, 0.25) is 10.0 Å². The fraction of sp³-hybridized carbons (Fsp3) is 0.500. The molecule has 0 aromatic heterocycles. The lowest BCUT2D eigenvalue weighted by atomic mass is 10.2. The molecule has 0 atom stereocenters. The maximum Gasteiger partial charge on any atom is 0.243 e. The third kappa shape index (κ3) is 3.00. The van der Waals surface area contributed by atoms with Crippen molar-refractivity contribution < 1.29 is 12.8 Å². The van der Waals surface area contributed by atoms with Crippen LogP contribution in [-0.2, 0) is 10.0 Å². The predicted octanol–water partition coefficient (Wildman–Crippen LogP) is 2.51. The predicted molar refractivity (Wildman–Crippen MR) is 72.9 cm³/mol. The van der Waals surface area contributed by atoms with Crippen LogP contribution in [0, 0.1) is 23.1 Å². The summed E-state index contributed by atoms with van der Waals surface area (Å²) in [7, 11) is -3.69. The summed E-state index contributed by atoms with van der Waals surface area (Å²) >= 11 is 0. The number of sulfonamides is 1. The van der Waals surface area contributed by atoms with Crippen LogP contribution in [0.2, 0.25) is 0 Å². The van der Waals surface area contributed by atoms with Gasteiger partial charge in [-0.3, -0.25) is 0 Å². The Hall–Kier alpha value is -1.45. The smallest absolute Gasteiger partial charge is 0.207 e. The molecule has 1 aliphatic carbocycles. The Morgan fingerprint density at radius 3 is 2.60 bits per heavy atom. The Balaban J connectivity index is 2.39. The number of rotatable bonds is 5. The van der Waals surface area contributed by atoms with Gasteiger partial charge in [-0.05, 0) is 50.8 Å². The Morgan fingerprint density at radius 2 is 2.10 bits per heavy atom. The Labute approximate surface area is 118 Å². The third-order valence-electron chi connectivity index (χ3n) is 3.38. The van der Waals surface area contributed by atoms with Crippen molar-refractivity contribution >= 4 is 10.0 Å². The molecule has 1 aromatic carbocycles. The summed E-state index contributed by atoms with van der Waals surface area (Å²) in [6.07, 6.45) is 2.09. The molecule has 0 aliphatic heterocycles. The summed E-state index contributed by atoms with van der Waals surface area (Å²) < 4.78 is 40.0. The highest BCUT2D eigenvalue weighted by Gasteiger charge is 2.33. The molecule has 0 heterocycles. The van der Waals surface area contributed by atoms with E-state index in [9.17, 15) is 12.8 Å². The second-order valence-electron chi connectivity index (χ2n) is 5.37. The normalized spacial score (nSPS) is 15.6. The van der Waals surface area contributed by atoms with Crippen LogP contribution in [-0.4, -0.2) is 25.3 Å². The van der Waals surface area contributed by atoms with Crippen molar-refractivity contribution in [1.82, 2.24) is 4.31 Å². The lowest BCUT2D eigenvalue weighted by molar-refractivity contribution is 0.341. The molecular weight excluding hydrogens is 279 g/mol. The second-order valence-corrected chi connectivity index (χ2v) is 7.26. The average Bonchev–Trinajstić information content (AvgIpc) is 3.19. The molecule has 1 saturated carbocycles. The van der Waals surface area contributed by atoms with E-state index in [1.165, 1.54) is 10.4 Å². The van der Waals surface area contributed by atoms with Crippen molar-refractivity contribution in [2.45, 2.75) is 37.6 Å². The molecule has 20 heavy (non-hydrogen) atoms. The largest absolute Gasteiger partial charge is 0.243 e. The van der Waals surface area contributed by atoms with Crippen LogP contribution in [0.4, 0.5) is 4.39 Å². The van der Waals surface area contributed by atoms with E-state index in [-0.39, 0.29) is 16.5 Å². The molecule has 1 fully saturated rings. The zero-order chi connectivity index (χ0) is 14.9. The Morgan fingerprint density at radius 1 is 1.45 bits per heavy atom. The SMILES string of the molecule is CC(C)N(CC1CC1)S(=O)(=O)c1ccc(F)c(C#N)c1. The molecule has 2 rings (SSSR count). The lowest BCUT2D eigenvalue weighted by Gasteiger charge is -2.26. The van der Waals surface area contributed by atoms with Gasteiger partial charge < -0.3 is 0 Å². The molecule has 0 bridgehead atoms. The first kappa shape index (κ1) is 14.9. The number of hydrogen-bond acceptors (Lipinski definition) is 3. The minimum atomic E-state index is -3.69. The first-order valence-corrected chi connectivity index (χ1v) is 8.01. The molecule has 0 unspecified atom stereocenters. The summed E-state index contributed by atoms with van der Waals surface area (Å²) in [5, 5.41) is 8.81. The van der Waals surface area contributed by atoms with Crippen LogP contribution in [0.1, 0.15) is 32.3 Å². The summed E-state index contributed by atoms with van der Waals surface area (Å²) in [5.74, 6) is -0.284. The van der Waals surface area contributed by atoms with Crippen LogP contribution in [0.3, 0.4) is 0 Å². The average molecular weight is 296 g/mol. The van der Waals surface area contributed by atoms with Crippen molar-refractivity contribution in [3.63, 3.8) is 0 Å². The number of benzene rings is 1. The van der Waals surface area contributed by atoms with Crippen molar-refractivity contribution in [3.05, 3.63) is 29.6 Å². The van der Waals surface area contributed by atoms with Gasteiger partial charge in [0.05, 0.1) is 10.5 Å². The molecule has 0 radical (unpaired) electrons. The zero-order valence-electron chi connectivity index (χ0n) is 11.5. The molecule has 1 aliphatic rings. The highest BCUT2D eigenvalue weighted by Crippen LogP contribution is 2.32. The topological polar surface area (TPSA) is 61.2 Å². The highest BCUT2D eigenvalue weighted by molar-refractivity contribution is 7.89. The quantitative estimate of drug-likeness (QED) is 0.838. The van der Waals surface area contributed by atoms with Gasteiger partial charge >= 0.3 is 0 Å². The van der Waals surface area contributed by atoms with E-state index in [2.05, 4.69) is 0 Å².